The Labute approximate surface area is 127 Å². The van der Waals surface area contributed by atoms with Gasteiger partial charge in [-0.2, -0.15) is 0 Å². The van der Waals surface area contributed by atoms with Crippen molar-refractivity contribution in [1.82, 2.24) is 4.98 Å². The van der Waals surface area contributed by atoms with Gasteiger partial charge in [-0.3, -0.25) is 4.79 Å². The fourth-order valence-electron chi connectivity index (χ4n) is 2.07. The van der Waals surface area contributed by atoms with Crippen LogP contribution >= 0.6 is 27.5 Å². The van der Waals surface area contributed by atoms with Crippen molar-refractivity contribution in [2.45, 2.75) is 0 Å². The number of benzene rings is 2. The van der Waals surface area contributed by atoms with E-state index in [-0.39, 0.29) is 16.4 Å². The molecule has 0 aliphatic carbocycles. The van der Waals surface area contributed by atoms with Gasteiger partial charge in [0.2, 0.25) is 0 Å². The quantitative estimate of drug-likeness (QED) is 0.650. The van der Waals surface area contributed by atoms with Crippen LogP contribution in [-0.4, -0.2) is 10.8 Å². The molecule has 0 saturated heterocycles. The number of rotatable bonds is 2. The molecule has 0 aliphatic rings. The number of aromatic amines is 1. The normalized spacial score (nSPS) is 10.9. The molecule has 3 rings (SSSR count). The Morgan fingerprint density at radius 3 is 2.75 bits per heavy atom. The molecule has 0 saturated carbocycles. The first-order valence-corrected chi connectivity index (χ1v) is 7.00. The minimum Gasteiger partial charge on any atom is -0.360 e. The number of aromatic nitrogens is 1. The number of hydrogen-bond donors (Lipinski definition) is 1. The van der Waals surface area contributed by atoms with Crippen LogP contribution in [0.15, 0.2) is 47.1 Å². The van der Waals surface area contributed by atoms with Crippen LogP contribution in [0.5, 0.6) is 0 Å². The highest BCUT2D eigenvalue weighted by Gasteiger charge is 2.15. The van der Waals surface area contributed by atoms with E-state index in [1.807, 2.05) is 18.2 Å². The van der Waals surface area contributed by atoms with Gasteiger partial charge in [0.05, 0.1) is 5.02 Å². The van der Waals surface area contributed by atoms with E-state index in [4.69, 9.17) is 11.6 Å². The number of carbonyl (C=O) groups excluding carboxylic acids is 1. The van der Waals surface area contributed by atoms with Gasteiger partial charge in [-0.1, -0.05) is 27.5 Å². The maximum absolute atomic E-state index is 13.5. The van der Waals surface area contributed by atoms with Crippen molar-refractivity contribution in [3.05, 3.63) is 69.0 Å². The SMILES string of the molecule is O=C(c1ccc(Cl)c(F)c1)c1c[nH]c2ccc(Br)cc12. The molecule has 0 amide bonds. The first kappa shape index (κ1) is 13.3. The first-order chi connectivity index (χ1) is 9.56. The van der Waals surface area contributed by atoms with Crippen molar-refractivity contribution < 1.29 is 9.18 Å². The summed E-state index contributed by atoms with van der Waals surface area (Å²) in [6, 6.07) is 9.67. The van der Waals surface area contributed by atoms with Gasteiger partial charge in [0, 0.05) is 32.7 Å². The summed E-state index contributed by atoms with van der Waals surface area (Å²) in [7, 11) is 0. The summed E-state index contributed by atoms with van der Waals surface area (Å²) in [5.41, 5.74) is 1.63. The van der Waals surface area contributed by atoms with Gasteiger partial charge in [0.1, 0.15) is 5.82 Å². The summed E-state index contributed by atoms with van der Waals surface area (Å²) in [4.78, 5) is 15.5. The van der Waals surface area contributed by atoms with Crippen LogP contribution in [0.3, 0.4) is 0 Å². The second kappa shape index (κ2) is 5.04. The van der Waals surface area contributed by atoms with Crippen LogP contribution in [0.25, 0.3) is 10.9 Å². The largest absolute Gasteiger partial charge is 0.360 e. The predicted molar refractivity (Wildman–Crippen MR) is 80.8 cm³/mol. The van der Waals surface area contributed by atoms with E-state index in [2.05, 4.69) is 20.9 Å². The van der Waals surface area contributed by atoms with E-state index in [1.54, 1.807) is 6.20 Å². The molecule has 0 unspecified atom stereocenters. The van der Waals surface area contributed by atoms with E-state index in [9.17, 15) is 9.18 Å². The van der Waals surface area contributed by atoms with E-state index in [1.165, 1.54) is 12.1 Å². The molecule has 20 heavy (non-hydrogen) atoms. The summed E-state index contributed by atoms with van der Waals surface area (Å²) >= 11 is 9.00. The van der Waals surface area contributed by atoms with Gasteiger partial charge in [0.25, 0.3) is 0 Å². The van der Waals surface area contributed by atoms with Gasteiger partial charge < -0.3 is 4.98 Å². The van der Waals surface area contributed by atoms with Gasteiger partial charge in [-0.25, -0.2) is 4.39 Å². The van der Waals surface area contributed by atoms with Gasteiger partial charge >= 0.3 is 0 Å². The van der Waals surface area contributed by atoms with Crippen molar-refractivity contribution in [3.8, 4) is 0 Å². The Morgan fingerprint density at radius 1 is 1.20 bits per heavy atom. The van der Waals surface area contributed by atoms with Crippen molar-refractivity contribution >= 4 is 44.2 Å². The third kappa shape index (κ3) is 2.25. The lowest BCUT2D eigenvalue weighted by atomic mass is 10.0. The molecule has 0 radical (unpaired) electrons. The van der Waals surface area contributed by atoms with Crippen LogP contribution in [0.4, 0.5) is 4.39 Å². The zero-order chi connectivity index (χ0) is 14.3. The van der Waals surface area contributed by atoms with Crippen LogP contribution in [0.1, 0.15) is 15.9 Å². The highest BCUT2D eigenvalue weighted by atomic mass is 79.9. The molecule has 2 aromatic carbocycles. The lowest BCUT2D eigenvalue weighted by Gasteiger charge is -2.01. The maximum Gasteiger partial charge on any atom is 0.195 e. The number of hydrogen-bond acceptors (Lipinski definition) is 1. The van der Waals surface area contributed by atoms with E-state index in [0.717, 1.165) is 21.4 Å². The number of halogens is 3. The molecule has 2 nitrogen and oxygen atoms in total. The summed E-state index contributed by atoms with van der Waals surface area (Å²) < 4.78 is 14.3. The smallest absolute Gasteiger partial charge is 0.195 e. The lowest BCUT2D eigenvalue weighted by molar-refractivity contribution is 0.104. The standard InChI is InChI=1S/C15H8BrClFNO/c16-9-2-4-14-10(6-9)11(7-19-14)15(20)8-1-3-12(17)13(18)5-8/h1-7,19H. The van der Waals surface area contributed by atoms with Crippen LogP contribution in [0.2, 0.25) is 5.02 Å². The summed E-state index contributed by atoms with van der Waals surface area (Å²) in [6.07, 6.45) is 1.63. The maximum atomic E-state index is 13.5. The molecule has 1 N–H and O–H groups in total. The number of nitrogens with one attached hydrogen (secondary N) is 1. The fraction of sp³-hybridized carbons (Fsp3) is 0. The lowest BCUT2D eigenvalue weighted by Crippen LogP contribution is -2.01. The Morgan fingerprint density at radius 2 is 2.00 bits per heavy atom. The van der Waals surface area contributed by atoms with Crippen LogP contribution < -0.4 is 0 Å². The number of ketones is 1. The number of carbonyl (C=O) groups is 1. The molecule has 100 valence electrons. The molecule has 0 fully saturated rings. The second-order valence-corrected chi connectivity index (χ2v) is 5.67. The van der Waals surface area contributed by atoms with E-state index >= 15 is 0 Å². The minimum atomic E-state index is -0.599. The summed E-state index contributed by atoms with van der Waals surface area (Å²) in [6.45, 7) is 0. The number of H-pyrrole nitrogens is 1. The Bertz CT molecular complexity index is 828. The third-order valence-corrected chi connectivity index (χ3v) is 3.87. The molecule has 0 spiro atoms. The zero-order valence-electron chi connectivity index (χ0n) is 10.1. The second-order valence-electron chi connectivity index (χ2n) is 4.35. The molecule has 0 atom stereocenters. The summed E-state index contributed by atoms with van der Waals surface area (Å²) in [5.74, 6) is -0.844. The first-order valence-electron chi connectivity index (χ1n) is 5.82. The van der Waals surface area contributed by atoms with Crippen molar-refractivity contribution in [1.29, 1.82) is 0 Å². The topological polar surface area (TPSA) is 32.9 Å². The molecule has 3 aromatic rings. The fourth-order valence-corrected chi connectivity index (χ4v) is 2.55. The van der Waals surface area contributed by atoms with E-state index in [0.29, 0.717) is 5.56 Å². The van der Waals surface area contributed by atoms with Crippen LogP contribution in [0, 0.1) is 5.82 Å². The highest BCUT2D eigenvalue weighted by Crippen LogP contribution is 2.25. The molecular formula is C15H8BrClFNO. The van der Waals surface area contributed by atoms with Crippen molar-refractivity contribution in [2.24, 2.45) is 0 Å². The average molecular weight is 353 g/mol. The predicted octanol–water partition coefficient (Wildman–Crippen LogP) is 4.95. The molecular weight excluding hydrogens is 345 g/mol. The molecule has 0 aliphatic heterocycles. The average Bonchev–Trinajstić information content (AvgIpc) is 2.84. The van der Waals surface area contributed by atoms with E-state index < -0.39 is 5.82 Å². The molecule has 5 heteroatoms. The number of fused-ring (bicyclic) bond motifs is 1. The Kier molecular flexibility index (Phi) is 3.36. The van der Waals surface area contributed by atoms with Crippen molar-refractivity contribution in [3.63, 3.8) is 0 Å². The Hall–Kier alpha value is -1.65. The van der Waals surface area contributed by atoms with Gasteiger partial charge in [-0.15, -0.1) is 0 Å². The minimum absolute atomic E-state index is 0.00298. The Balaban J connectivity index is 2.12. The molecule has 1 heterocycles. The molecule has 1 aromatic heterocycles. The third-order valence-electron chi connectivity index (χ3n) is 3.07. The van der Waals surface area contributed by atoms with Crippen molar-refractivity contribution in [2.75, 3.05) is 0 Å². The summed E-state index contributed by atoms with van der Waals surface area (Å²) in [5, 5.41) is 0.794. The van der Waals surface area contributed by atoms with Gasteiger partial charge in [-0.05, 0) is 36.4 Å². The van der Waals surface area contributed by atoms with Gasteiger partial charge in [0.15, 0.2) is 5.78 Å². The van der Waals surface area contributed by atoms with Crippen LogP contribution in [-0.2, 0) is 0 Å². The molecule has 0 bridgehead atoms. The zero-order valence-corrected chi connectivity index (χ0v) is 12.4. The highest BCUT2D eigenvalue weighted by molar-refractivity contribution is 9.10. The monoisotopic (exact) mass is 351 g/mol.